The minimum absolute atomic E-state index is 0.00231. The molecule has 2 aromatic heterocycles. The minimum atomic E-state index is -3.26. The second-order valence-corrected chi connectivity index (χ2v) is 9.96. The van der Waals surface area contributed by atoms with Crippen molar-refractivity contribution >= 4 is 26.8 Å². The summed E-state index contributed by atoms with van der Waals surface area (Å²) in [6, 6.07) is 10.6. The lowest BCUT2D eigenvalue weighted by atomic mass is 10.1. The van der Waals surface area contributed by atoms with Gasteiger partial charge in [0.25, 0.3) is 0 Å². The number of fused-ring (bicyclic) bond motifs is 1. The molecule has 33 heavy (non-hydrogen) atoms. The summed E-state index contributed by atoms with van der Waals surface area (Å²) < 4.78 is 41.6. The van der Waals surface area contributed by atoms with Crippen LogP contribution >= 0.6 is 0 Å². The van der Waals surface area contributed by atoms with Gasteiger partial charge in [-0.25, -0.2) is 18.2 Å². The highest BCUT2D eigenvalue weighted by Crippen LogP contribution is 2.24. The van der Waals surface area contributed by atoms with Crippen LogP contribution in [0.25, 0.3) is 16.7 Å². The number of ether oxygens (including phenoxy) is 3. The van der Waals surface area contributed by atoms with Crippen LogP contribution in [-0.2, 0) is 19.3 Å². The first-order valence-corrected chi connectivity index (χ1v) is 12.6. The number of carbonyl (C=O) groups excluding carboxylic acids is 1. The van der Waals surface area contributed by atoms with E-state index in [1.54, 1.807) is 36.4 Å². The fourth-order valence-electron chi connectivity index (χ4n) is 3.79. The molecule has 1 aliphatic rings. The predicted molar refractivity (Wildman–Crippen MR) is 123 cm³/mol. The molecule has 1 amide bonds. The first-order chi connectivity index (χ1) is 15.8. The summed E-state index contributed by atoms with van der Waals surface area (Å²) in [5.74, 6) is 1.37. The van der Waals surface area contributed by atoms with E-state index in [1.807, 2.05) is 29.0 Å². The Hall–Kier alpha value is -3.11. The van der Waals surface area contributed by atoms with Crippen LogP contribution in [-0.4, -0.2) is 74.7 Å². The molecule has 3 aromatic rings. The topological polar surface area (TPSA) is 100.0 Å². The van der Waals surface area contributed by atoms with Gasteiger partial charge in [0.1, 0.15) is 24.3 Å². The molecule has 0 aliphatic carbocycles. The number of likely N-dealkylation sites (tertiary alicyclic amines) is 1. The average Bonchev–Trinajstić information content (AvgIpc) is 3.23. The summed E-state index contributed by atoms with van der Waals surface area (Å²) in [6.45, 7) is 1.79. The number of piperidine rings is 1. The van der Waals surface area contributed by atoms with Crippen molar-refractivity contribution in [3.8, 4) is 11.6 Å². The molecule has 1 saturated heterocycles. The lowest BCUT2D eigenvalue weighted by molar-refractivity contribution is 0.0514. The van der Waals surface area contributed by atoms with Crippen molar-refractivity contribution in [2.24, 2.45) is 0 Å². The highest BCUT2D eigenvalue weighted by Gasteiger charge is 2.25. The molecular weight excluding hydrogens is 446 g/mol. The number of pyridine rings is 1. The van der Waals surface area contributed by atoms with E-state index in [2.05, 4.69) is 4.98 Å². The van der Waals surface area contributed by atoms with Gasteiger partial charge in [-0.2, -0.15) is 0 Å². The summed E-state index contributed by atoms with van der Waals surface area (Å²) in [5.41, 5.74) is 0.869. The molecule has 0 bridgehead atoms. The summed E-state index contributed by atoms with van der Waals surface area (Å²) in [5, 5.41) is 0.826. The number of carbonyl (C=O) groups is 1. The third-order valence-corrected chi connectivity index (χ3v) is 6.68. The molecule has 3 heterocycles. The first-order valence-electron chi connectivity index (χ1n) is 10.7. The molecule has 9 nitrogen and oxygen atoms in total. The van der Waals surface area contributed by atoms with E-state index in [0.717, 1.165) is 10.9 Å². The quantitative estimate of drug-likeness (QED) is 0.486. The molecular formula is C23H27N3O6S. The number of aromatic nitrogens is 2. The highest BCUT2D eigenvalue weighted by molar-refractivity contribution is 7.90. The van der Waals surface area contributed by atoms with Crippen molar-refractivity contribution in [1.82, 2.24) is 14.5 Å². The number of nitrogens with zero attached hydrogens (tertiary/aromatic N) is 3. The van der Waals surface area contributed by atoms with Crippen molar-refractivity contribution in [1.29, 1.82) is 0 Å². The number of sulfone groups is 1. The predicted octanol–water partition coefficient (Wildman–Crippen LogP) is 3.06. The van der Waals surface area contributed by atoms with Crippen LogP contribution in [0.2, 0.25) is 0 Å². The van der Waals surface area contributed by atoms with E-state index in [9.17, 15) is 13.2 Å². The Morgan fingerprint density at radius 2 is 1.91 bits per heavy atom. The van der Waals surface area contributed by atoms with E-state index in [1.165, 1.54) is 6.26 Å². The molecule has 0 N–H and O–H groups in total. The zero-order valence-electron chi connectivity index (χ0n) is 18.6. The molecule has 0 radical (unpaired) electrons. The van der Waals surface area contributed by atoms with Crippen LogP contribution in [0, 0.1) is 0 Å². The van der Waals surface area contributed by atoms with Crippen molar-refractivity contribution in [3.63, 3.8) is 0 Å². The molecule has 10 heteroatoms. The SMILES string of the molecule is COCCOC(=O)N1CCC(Oc2ccc(-n3ccc4cc(S(C)(=O)=O)ccc43)nc2)CC1. The van der Waals surface area contributed by atoms with Crippen LogP contribution < -0.4 is 4.74 Å². The Morgan fingerprint density at radius 3 is 2.58 bits per heavy atom. The average molecular weight is 474 g/mol. The third kappa shape index (κ3) is 5.45. The standard InChI is InChI=1S/C23H27N3O6S/c1-30-13-14-31-23(27)25-10-8-18(9-11-25)32-19-3-6-22(24-16-19)26-12-7-17-15-20(33(2,28)29)4-5-21(17)26/h3-7,12,15-16,18H,8-11,13-14H2,1-2H3. The second kappa shape index (κ2) is 9.80. The van der Waals surface area contributed by atoms with Gasteiger partial charge in [-0.1, -0.05) is 0 Å². The molecule has 1 fully saturated rings. The maximum Gasteiger partial charge on any atom is 0.409 e. The number of methoxy groups -OCH3 is 1. The van der Waals surface area contributed by atoms with Crippen molar-refractivity contribution in [3.05, 3.63) is 48.8 Å². The Bertz CT molecular complexity index is 1210. The summed E-state index contributed by atoms with van der Waals surface area (Å²) in [7, 11) is -1.69. The van der Waals surface area contributed by atoms with Gasteiger partial charge in [0.2, 0.25) is 0 Å². The van der Waals surface area contributed by atoms with Crippen LogP contribution in [0.15, 0.2) is 53.7 Å². The molecule has 0 spiro atoms. The van der Waals surface area contributed by atoms with Crippen molar-refractivity contribution < 1.29 is 27.4 Å². The van der Waals surface area contributed by atoms with Crippen molar-refractivity contribution in [2.75, 3.05) is 39.7 Å². The lowest BCUT2D eigenvalue weighted by Gasteiger charge is -2.31. The maximum atomic E-state index is 12.0. The van der Waals surface area contributed by atoms with E-state index < -0.39 is 9.84 Å². The highest BCUT2D eigenvalue weighted by atomic mass is 32.2. The van der Waals surface area contributed by atoms with Gasteiger partial charge in [-0.05, 0) is 36.4 Å². The van der Waals surface area contributed by atoms with Gasteiger partial charge in [-0.15, -0.1) is 0 Å². The molecule has 1 aliphatic heterocycles. The Kier molecular flexibility index (Phi) is 6.85. The Balaban J connectivity index is 1.36. The van der Waals surface area contributed by atoms with Crippen LogP contribution in [0.3, 0.4) is 0 Å². The summed E-state index contributed by atoms with van der Waals surface area (Å²) in [6.07, 6.45) is 5.85. The first kappa shape index (κ1) is 23.1. The van der Waals surface area contributed by atoms with Crippen LogP contribution in [0.1, 0.15) is 12.8 Å². The van der Waals surface area contributed by atoms with Gasteiger partial charge in [-0.3, -0.25) is 0 Å². The maximum absolute atomic E-state index is 12.0. The van der Waals surface area contributed by atoms with Crippen LogP contribution in [0.5, 0.6) is 5.75 Å². The zero-order valence-corrected chi connectivity index (χ0v) is 19.5. The number of rotatable bonds is 7. The third-order valence-electron chi connectivity index (χ3n) is 5.57. The minimum Gasteiger partial charge on any atom is -0.489 e. The number of hydrogen-bond acceptors (Lipinski definition) is 7. The van der Waals surface area contributed by atoms with Gasteiger partial charge < -0.3 is 23.7 Å². The van der Waals surface area contributed by atoms with Gasteiger partial charge >= 0.3 is 6.09 Å². The monoisotopic (exact) mass is 473 g/mol. The summed E-state index contributed by atoms with van der Waals surface area (Å²) >= 11 is 0. The number of hydrogen-bond donors (Lipinski definition) is 0. The molecule has 1 aromatic carbocycles. The van der Waals surface area contributed by atoms with E-state index in [4.69, 9.17) is 14.2 Å². The fraction of sp³-hybridized carbons (Fsp3) is 0.391. The van der Waals surface area contributed by atoms with E-state index >= 15 is 0 Å². The Morgan fingerprint density at radius 1 is 1.12 bits per heavy atom. The molecule has 0 unspecified atom stereocenters. The van der Waals surface area contributed by atoms with Crippen molar-refractivity contribution in [2.45, 2.75) is 23.8 Å². The summed E-state index contributed by atoms with van der Waals surface area (Å²) in [4.78, 5) is 18.5. The molecule has 176 valence electrons. The zero-order chi connectivity index (χ0) is 23.4. The van der Waals surface area contributed by atoms with E-state index in [-0.39, 0.29) is 18.8 Å². The normalized spacial score (nSPS) is 15.0. The lowest BCUT2D eigenvalue weighted by Crippen LogP contribution is -2.42. The van der Waals surface area contributed by atoms with Gasteiger partial charge in [0.05, 0.1) is 23.2 Å². The van der Waals surface area contributed by atoms with Crippen LogP contribution in [0.4, 0.5) is 4.79 Å². The Labute approximate surface area is 192 Å². The smallest absolute Gasteiger partial charge is 0.409 e. The largest absolute Gasteiger partial charge is 0.489 e. The number of benzene rings is 1. The second-order valence-electron chi connectivity index (χ2n) is 7.94. The van der Waals surface area contributed by atoms with Gasteiger partial charge in [0, 0.05) is 50.9 Å². The van der Waals surface area contributed by atoms with Gasteiger partial charge in [0.15, 0.2) is 9.84 Å². The molecule has 0 atom stereocenters. The number of amides is 1. The molecule has 4 rings (SSSR count). The fourth-order valence-corrected chi connectivity index (χ4v) is 4.44. The van der Waals surface area contributed by atoms with E-state index in [0.29, 0.717) is 49.0 Å². The molecule has 0 saturated carbocycles.